The molecule has 0 aliphatic carbocycles. The van der Waals surface area contributed by atoms with Gasteiger partial charge in [-0.3, -0.25) is 4.99 Å². The van der Waals surface area contributed by atoms with Gasteiger partial charge in [-0.2, -0.15) is 4.98 Å². The summed E-state index contributed by atoms with van der Waals surface area (Å²) in [6.45, 7) is 3.55. The fraction of sp³-hybridized carbons (Fsp3) is 0.261. The Morgan fingerprint density at radius 2 is 1.94 bits per heavy atom. The first-order valence-corrected chi connectivity index (χ1v) is 10.6. The van der Waals surface area contributed by atoms with Crippen LogP contribution in [0.4, 0.5) is 0 Å². The molecule has 0 aliphatic heterocycles. The van der Waals surface area contributed by atoms with Crippen molar-refractivity contribution in [3.05, 3.63) is 70.7 Å². The molecule has 8 heteroatoms. The summed E-state index contributed by atoms with van der Waals surface area (Å²) >= 11 is 6.03. The van der Waals surface area contributed by atoms with Crippen molar-refractivity contribution < 1.29 is 4.52 Å². The Morgan fingerprint density at radius 1 is 1.13 bits per heavy atom. The first-order valence-electron chi connectivity index (χ1n) is 10.2. The van der Waals surface area contributed by atoms with Gasteiger partial charge in [0.15, 0.2) is 5.96 Å². The number of aromatic nitrogens is 3. The smallest absolute Gasteiger partial charge is 0.228 e. The Bertz CT molecular complexity index is 1200. The molecule has 4 aromatic rings. The molecule has 4 rings (SSSR count). The zero-order valence-corrected chi connectivity index (χ0v) is 18.3. The van der Waals surface area contributed by atoms with Crippen LogP contribution >= 0.6 is 11.6 Å². The summed E-state index contributed by atoms with van der Waals surface area (Å²) in [6.07, 6.45) is 3.58. The van der Waals surface area contributed by atoms with E-state index in [1.54, 1.807) is 7.05 Å². The largest absolute Gasteiger partial charge is 0.361 e. The highest BCUT2D eigenvalue weighted by molar-refractivity contribution is 6.30. The summed E-state index contributed by atoms with van der Waals surface area (Å²) in [5.74, 6) is 1.84. The monoisotopic (exact) mass is 436 g/mol. The van der Waals surface area contributed by atoms with Crippen LogP contribution in [-0.2, 0) is 12.8 Å². The van der Waals surface area contributed by atoms with Crippen LogP contribution < -0.4 is 10.6 Å². The first-order chi connectivity index (χ1) is 15.1. The van der Waals surface area contributed by atoms with Crippen LogP contribution in [0.25, 0.3) is 22.3 Å². The lowest BCUT2D eigenvalue weighted by Crippen LogP contribution is -2.39. The van der Waals surface area contributed by atoms with E-state index in [1.807, 2.05) is 24.3 Å². The maximum Gasteiger partial charge on any atom is 0.228 e. The number of aromatic amines is 1. The number of H-pyrrole nitrogens is 1. The summed E-state index contributed by atoms with van der Waals surface area (Å²) in [4.78, 5) is 12.1. The summed E-state index contributed by atoms with van der Waals surface area (Å²) < 4.78 is 5.35. The Hall–Kier alpha value is -3.32. The molecule has 0 amide bonds. The van der Waals surface area contributed by atoms with E-state index in [0.717, 1.165) is 24.5 Å². The number of hydrogen-bond donors (Lipinski definition) is 3. The third-order valence-corrected chi connectivity index (χ3v) is 5.32. The second-order valence-corrected chi connectivity index (χ2v) is 7.70. The van der Waals surface area contributed by atoms with Crippen LogP contribution in [0, 0.1) is 6.92 Å². The topological polar surface area (TPSA) is 91.1 Å². The van der Waals surface area contributed by atoms with Crippen molar-refractivity contribution in [2.45, 2.75) is 19.8 Å². The average molecular weight is 437 g/mol. The molecule has 31 heavy (non-hydrogen) atoms. The standard InChI is InChI=1S/C23H25ClN6O/c1-15-5-3-8-19-21(15)17(14-28-19)9-11-26-23(25-2)27-12-10-20-29-22(30-31-20)16-6-4-7-18(24)13-16/h3-8,13-14,28H,9-12H2,1-2H3,(H2,25,26,27). The molecule has 0 spiro atoms. The van der Waals surface area contributed by atoms with E-state index in [9.17, 15) is 0 Å². The molecular formula is C23H25ClN6O. The Balaban J connectivity index is 1.26. The van der Waals surface area contributed by atoms with Gasteiger partial charge in [-0.25, -0.2) is 0 Å². The number of benzene rings is 2. The summed E-state index contributed by atoms with van der Waals surface area (Å²) in [5.41, 5.74) is 4.60. The summed E-state index contributed by atoms with van der Waals surface area (Å²) in [5, 5.41) is 12.6. The van der Waals surface area contributed by atoms with E-state index in [4.69, 9.17) is 16.1 Å². The lowest BCUT2D eigenvalue weighted by Gasteiger charge is -2.11. The normalized spacial score (nSPS) is 11.8. The van der Waals surface area contributed by atoms with E-state index in [2.05, 4.69) is 62.1 Å². The van der Waals surface area contributed by atoms with Crippen LogP contribution in [0.1, 0.15) is 17.0 Å². The quantitative estimate of drug-likeness (QED) is 0.299. The van der Waals surface area contributed by atoms with Crippen molar-refractivity contribution in [2.75, 3.05) is 20.1 Å². The summed E-state index contributed by atoms with van der Waals surface area (Å²) in [7, 11) is 1.76. The number of hydrogen-bond acceptors (Lipinski definition) is 4. The van der Waals surface area contributed by atoms with Gasteiger partial charge in [-0.15, -0.1) is 0 Å². The van der Waals surface area contributed by atoms with Gasteiger partial charge >= 0.3 is 0 Å². The second kappa shape index (κ2) is 9.66. The second-order valence-electron chi connectivity index (χ2n) is 7.26. The Labute approximate surface area is 185 Å². The minimum Gasteiger partial charge on any atom is -0.361 e. The predicted octanol–water partition coefficient (Wildman–Crippen LogP) is 4.13. The van der Waals surface area contributed by atoms with Gasteiger partial charge in [0.05, 0.1) is 0 Å². The van der Waals surface area contributed by atoms with E-state index in [-0.39, 0.29) is 0 Å². The molecule has 0 saturated carbocycles. The van der Waals surface area contributed by atoms with Crippen molar-refractivity contribution in [2.24, 2.45) is 4.99 Å². The van der Waals surface area contributed by atoms with Crippen molar-refractivity contribution in [3.63, 3.8) is 0 Å². The molecular weight excluding hydrogens is 412 g/mol. The van der Waals surface area contributed by atoms with Gasteiger partial charge in [0.2, 0.25) is 11.7 Å². The minimum atomic E-state index is 0.536. The molecule has 0 unspecified atom stereocenters. The fourth-order valence-corrected chi connectivity index (χ4v) is 3.76. The molecule has 7 nitrogen and oxygen atoms in total. The third kappa shape index (κ3) is 5.06. The lowest BCUT2D eigenvalue weighted by atomic mass is 10.1. The highest BCUT2D eigenvalue weighted by atomic mass is 35.5. The zero-order valence-electron chi connectivity index (χ0n) is 17.6. The van der Waals surface area contributed by atoms with Gasteiger partial charge in [0.25, 0.3) is 0 Å². The fourth-order valence-electron chi connectivity index (χ4n) is 3.57. The maximum atomic E-state index is 6.03. The molecule has 2 heterocycles. The maximum absolute atomic E-state index is 6.03. The lowest BCUT2D eigenvalue weighted by molar-refractivity contribution is 0.378. The summed E-state index contributed by atoms with van der Waals surface area (Å²) in [6, 6.07) is 13.7. The first kappa shape index (κ1) is 20.9. The van der Waals surface area contributed by atoms with Gasteiger partial charge in [0.1, 0.15) is 0 Å². The van der Waals surface area contributed by atoms with Crippen molar-refractivity contribution in [1.82, 2.24) is 25.8 Å². The Kier molecular flexibility index (Phi) is 6.52. The molecule has 0 bridgehead atoms. The predicted molar refractivity (Wildman–Crippen MR) is 125 cm³/mol. The van der Waals surface area contributed by atoms with E-state index < -0.39 is 0 Å². The van der Waals surface area contributed by atoms with E-state index >= 15 is 0 Å². The van der Waals surface area contributed by atoms with E-state index in [1.165, 1.54) is 22.0 Å². The number of halogens is 1. The number of nitrogens with one attached hydrogen (secondary N) is 3. The van der Waals surface area contributed by atoms with Gasteiger partial charge in [-0.1, -0.05) is 41.0 Å². The zero-order chi connectivity index (χ0) is 21.6. The third-order valence-electron chi connectivity index (χ3n) is 5.09. The molecule has 0 saturated heterocycles. The highest BCUT2D eigenvalue weighted by Crippen LogP contribution is 2.22. The molecule has 2 aromatic heterocycles. The van der Waals surface area contributed by atoms with Gasteiger partial charge in [0, 0.05) is 54.2 Å². The molecule has 0 radical (unpaired) electrons. The van der Waals surface area contributed by atoms with Gasteiger partial charge < -0.3 is 20.1 Å². The van der Waals surface area contributed by atoms with Crippen molar-refractivity contribution in [1.29, 1.82) is 0 Å². The average Bonchev–Trinajstić information content (AvgIpc) is 3.41. The SMILES string of the molecule is CN=C(NCCc1nc(-c2cccc(Cl)c2)no1)NCCc1c[nH]c2cccc(C)c12. The number of guanidine groups is 1. The number of fused-ring (bicyclic) bond motifs is 1. The van der Waals surface area contributed by atoms with Crippen LogP contribution in [0.15, 0.2) is 58.2 Å². The van der Waals surface area contributed by atoms with Crippen molar-refractivity contribution in [3.8, 4) is 11.4 Å². The van der Waals surface area contributed by atoms with Crippen molar-refractivity contribution >= 4 is 28.5 Å². The van der Waals surface area contributed by atoms with Crippen LogP contribution in [0.5, 0.6) is 0 Å². The molecule has 3 N–H and O–H groups in total. The minimum absolute atomic E-state index is 0.536. The van der Waals surface area contributed by atoms with Gasteiger partial charge in [-0.05, 0) is 42.7 Å². The van der Waals surface area contributed by atoms with Crippen LogP contribution in [0.3, 0.4) is 0 Å². The molecule has 2 aromatic carbocycles. The number of nitrogens with zero attached hydrogens (tertiary/aromatic N) is 3. The van der Waals surface area contributed by atoms with E-state index in [0.29, 0.717) is 29.7 Å². The Morgan fingerprint density at radius 3 is 2.74 bits per heavy atom. The molecule has 0 aliphatic rings. The highest BCUT2D eigenvalue weighted by Gasteiger charge is 2.10. The number of aliphatic imine (C=N–C) groups is 1. The molecule has 0 fully saturated rings. The molecule has 0 atom stereocenters. The van der Waals surface area contributed by atoms with Crippen LogP contribution in [0.2, 0.25) is 5.02 Å². The number of aryl methyl sites for hydroxylation is 1. The number of rotatable bonds is 7. The van der Waals surface area contributed by atoms with Crippen LogP contribution in [-0.4, -0.2) is 41.2 Å². The molecule has 160 valence electrons.